The number of rotatable bonds is 3. The molecule has 18 heavy (non-hydrogen) atoms. The SMILES string of the molecule is O=C(CN1C(=O)NC(=O)C12CCCC2)NC1CC1. The van der Waals surface area contributed by atoms with E-state index in [1.807, 2.05) is 0 Å². The number of carbonyl (C=O) groups is 3. The summed E-state index contributed by atoms with van der Waals surface area (Å²) in [6.07, 6.45) is 5.23. The Morgan fingerprint density at radius 2 is 2.00 bits per heavy atom. The summed E-state index contributed by atoms with van der Waals surface area (Å²) in [6.45, 7) is -0.00588. The van der Waals surface area contributed by atoms with Crippen LogP contribution in [0, 0.1) is 0 Å². The molecule has 2 saturated carbocycles. The molecule has 0 aromatic heterocycles. The molecule has 3 fully saturated rings. The maximum Gasteiger partial charge on any atom is 0.325 e. The fraction of sp³-hybridized carbons (Fsp3) is 0.750. The number of hydrogen-bond acceptors (Lipinski definition) is 3. The molecular formula is C12H17N3O3. The topological polar surface area (TPSA) is 78.5 Å². The summed E-state index contributed by atoms with van der Waals surface area (Å²) in [5.74, 6) is -0.391. The Hall–Kier alpha value is -1.59. The van der Waals surface area contributed by atoms with Crippen molar-refractivity contribution < 1.29 is 14.4 Å². The Bertz CT molecular complexity index is 411. The van der Waals surface area contributed by atoms with Crippen molar-refractivity contribution in [2.45, 2.75) is 50.1 Å². The molecule has 98 valence electrons. The second kappa shape index (κ2) is 3.96. The quantitative estimate of drug-likeness (QED) is 0.700. The van der Waals surface area contributed by atoms with Crippen LogP contribution in [0.15, 0.2) is 0 Å². The molecule has 4 amide bonds. The van der Waals surface area contributed by atoms with Crippen molar-refractivity contribution in [1.29, 1.82) is 0 Å². The highest BCUT2D eigenvalue weighted by atomic mass is 16.2. The standard InChI is InChI=1S/C12H17N3O3/c16-9(13-8-3-4-8)7-15-11(18)14-10(17)12(15)5-1-2-6-12/h8H,1-7H2,(H,13,16)(H,14,17,18). The van der Waals surface area contributed by atoms with Crippen molar-refractivity contribution >= 4 is 17.8 Å². The van der Waals surface area contributed by atoms with Crippen molar-refractivity contribution in [3.63, 3.8) is 0 Å². The van der Waals surface area contributed by atoms with Gasteiger partial charge < -0.3 is 10.2 Å². The predicted octanol–water partition coefficient (Wildman–Crippen LogP) is 0.130. The van der Waals surface area contributed by atoms with Crippen molar-refractivity contribution in [2.24, 2.45) is 0 Å². The number of nitrogens with zero attached hydrogens (tertiary/aromatic N) is 1. The number of nitrogens with one attached hydrogen (secondary N) is 2. The van der Waals surface area contributed by atoms with Crippen molar-refractivity contribution in [2.75, 3.05) is 6.54 Å². The van der Waals surface area contributed by atoms with Crippen molar-refractivity contribution in [1.82, 2.24) is 15.5 Å². The van der Waals surface area contributed by atoms with Crippen LogP contribution in [-0.4, -0.2) is 40.9 Å². The number of imide groups is 1. The van der Waals surface area contributed by atoms with E-state index in [1.54, 1.807) is 0 Å². The lowest BCUT2D eigenvalue weighted by molar-refractivity contribution is -0.128. The van der Waals surface area contributed by atoms with E-state index in [9.17, 15) is 14.4 Å². The molecule has 3 aliphatic rings. The summed E-state index contributed by atoms with van der Waals surface area (Å²) in [7, 11) is 0. The zero-order valence-electron chi connectivity index (χ0n) is 10.2. The van der Waals surface area contributed by atoms with Gasteiger partial charge in [0.05, 0.1) is 0 Å². The van der Waals surface area contributed by atoms with Gasteiger partial charge in [0.15, 0.2) is 0 Å². The zero-order chi connectivity index (χ0) is 12.8. The van der Waals surface area contributed by atoms with Gasteiger partial charge in [-0.3, -0.25) is 14.9 Å². The van der Waals surface area contributed by atoms with Crippen LogP contribution in [0.2, 0.25) is 0 Å². The third kappa shape index (κ3) is 1.76. The average Bonchev–Trinajstić information content (AvgIpc) is 2.93. The smallest absolute Gasteiger partial charge is 0.325 e. The molecule has 3 rings (SSSR count). The van der Waals surface area contributed by atoms with E-state index in [-0.39, 0.29) is 24.4 Å². The first-order valence-electron chi connectivity index (χ1n) is 6.54. The monoisotopic (exact) mass is 251 g/mol. The minimum atomic E-state index is -0.752. The van der Waals surface area contributed by atoms with Crippen LogP contribution in [-0.2, 0) is 9.59 Å². The molecule has 1 aliphatic heterocycles. The molecule has 1 spiro atoms. The van der Waals surface area contributed by atoms with Crippen LogP contribution in [0.3, 0.4) is 0 Å². The van der Waals surface area contributed by atoms with Crippen LogP contribution in [0.5, 0.6) is 0 Å². The van der Waals surface area contributed by atoms with Gasteiger partial charge in [0.1, 0.15) is 12.1 Å². The first-order chi connectivity index (χ1) is 8.62. The molecule has 0 aromatic rings. The van der Waals surface area contributed by atoms with Gasteiger partial charge in [-0.2, -0.15) is 0 Å². The zero-order valence-corrected chi connectivity index (χ0v) is 10.2. The Labute approximate surface area is 105 Å². The molecule has 2 N–H and O–H groups in total. The number of urea groups is 1. The largest absolute Gasteiger partial charge is 0.352 e. The minimum absolute atomic E-state index is 0.00588. The average molecular weight is 251 g/mol. The predicted molar refractivity (Wildman–Crippen MR) is 62.6 cm³/mol. The molecule has 0 radical (unpaired) electrons. The Morgan fingerprint density at radius 1 is 1.33 bits per heavy atom. The van der Waals surface area contributed by atoms with Gasteiger partial charge in [-0.15, -0.1) is 0 Å². The lowest BCUT2D eigenvalue weighted by atomic mass is 9.96. The van der Waals surface area contributed by atoms with Gasteiger partial charge in [0, 0.05) is 6.04 Å². The second-order valence-corrected chi connectivity index (χ2v) is 5.43. The summed E-state index contributed by atoms with van der Waals surface area (Å²) in [5, 5.41) is 5.19. The summed E-state index contributed by atoms with van der Waals surface area (Å²) >= 11 is 0. The Kier molecular flexibility index (Phi) is 2.53. The number of hydrogen-bond donors (Lipinski definition) is 2. The first kappa shape index (κ1) is 11.5. The van der Waals surface area contributed by atoms with Crippen LogP contribution >= 0.6 is 0 Å². The lowest BCUT2D eigenvalue weighted by Crippen LogP contribution is -2.51. The van der Waals surface area contributed by atoms with Gasteiger partial charge in [-0.25, -0.2) is 4.79 Å². The fourth-order valence-electron chi connectivity index (χ4n) is 2.92. The van der Waals surface area contributed by atoms with Gasteiger partial charge in [0.2, 0.25) is 5.91 Å². The molecule has 1 heterocycles. The Morgan fingerprint density at radius 3 is 2.61 bits per heavy atom. The number of carbonyl (C=O) groups excluding carboxylic acids is 3. The first-order valence-corrected chi connectivity index (χ1v) is 6.54. The molecule has 0 unspecified atom stereocenters. The van der Waals surface area contributed by atoms with Crippen LogP contribution in [0.4, 0.5) is 4.79 Å². The summed E-state index contributed by atoms with van der Waals surface area (Å²) in [6, 6.07) is -0.147. The van der Waals surface area contributed by atoms with E-state index in [0.717, 1.165) is 25.7 Å². The van der Waals surface area contributed by atoms with E-state index in [2.05, 4.69) is 10.6 Å². The van der Waals surface area contributed by atoms with E-state index in [0.29, 0.717) is 12.8 Å². The number of amides is 4. The maximum atomic E-state index is 11.9. The van der Waals surface area contributed by atoms with Gasteiger partial charge in [-0.1, -0.05) is 12.8 Å². The lowest BCUT2D eigenvalue weighted by Gasteiger charge is -2.30. The summed E-state index contributed by atoms with van der Waals surface area (Å²) in [4.78, 5) is 37.0. The van der Waals surface area contributed by atoms with Crippen LogP contribution in [0.25, 0.3) is 0 Å². The van der Waals surface area contributed by atoms with E-state index < -0.39 is 11.6 Å². The molecule has 0 atom stereocenters. The Balaban J connectivity index is 1.73. The van der Waals surface area contributed by atoms with Crippen molar-refractivity contribution in [3.05, 3.63) is 0 Å². The van der Waals surface area contributed by atoms with Gasteiger partial charge in [-0.05, 0) is 25.7 Å². The van der Waals surface area contributed by atoms with Gasteiger partial charge >= 0.3 is 6.03 Å². The third-order valence-corrected chi connectivity index (χ3v) is 4.08. The van der Waals surface area contributed by atoms with Gasteiger partial charge in [0.25, 0.3) is 5.91 Å². The summed E-state index contributed by atoms with van der Waals surface area (Å²) < 4.78 is 0. The normalized spacial score (nSPS) is 25.7. The van der Waals surface area contributed by atoms with Crippen LogP contribution in [0.1, 0.15) is 38.5 Å². The maximum absolute atomic E-state index is 11.9. The highest BCUT2D eigenvalue weighted by Gasteiger charge is 2.54. The molecule has 0 bridgehead atoms. The highest BCUT2D eigenvalue weighted by molar-refractivity contribution is 6.08. The van der Waals surface area contributed by atoms with Crippen LogP contribution < -0.4 is 10.6 Å². The molecule has 2 aliphatic carbocycles. The molecule has 6 nitrogen and oxygen atoms in total. The second-order valence-electron chi connectivity index (χ2n) is 5.43. The van der Waals surface area contributed by atoms with E-state index in [1.165, 1.54) is 4.90 Å². The van der Waals surface area contributed by atoms with Crippen molar-refractivity contribution in [3.8, 4) is 0 Å². The minimum Gasteiger partial charge on any atom is -0.352 e. The fourth-order valence-corrected chi connectivity index (χ4v) is 2.92. The van der Waals surface area contributed by atoms with E-state index >= 15 is 0 Å². The molecule has 0 aromatic carbocycles. The molecule has 1 saturated heterocycles. The third-order valence-electron chi connectivity index (χ3n) is 4.08. The highest BCUT2D eigenvalue weighted by Crippen LogP contribution is 2.38. The summed E-state index contributed by atoms with van der Waals surface area (Å²) in [5.41, 5.74) is -0.752. The molecular weight excluding hydrogens is 234 g/mol. The van der Waals surface area contributed by atoms with E-state index in [4.69, 9.17) is 0 Å². The molecule has 6 heteroatoms.